The van der Waals surface area contributed by atoms with Gasteiger partial charge in [0.25, 0.3) is 0 Å². The Morgan fingerprint density at radius 2 is 0.629 bits per heavy atom. The zero-order valence-corrected chi connectivity index (χ0v) is 41.1. The van der Waals surface area contributed by atoms with E-state index < -0.39 is 6.10 Å². The number of unbranched alkanes of at least 4 members (excludes halogenated alkanes) is 29. The van der Waals surface area contributed by atoms with Crippen LogP contribution >= 0.6 is 0 Å². The zero-order valence-electron chi connectivity index (χ0n) is 41.1. The first-order valence-electron chi connectivity index (χ1n) is 26.6. The van der Waals surface area contributed by atoms with Gasteiger partial charge in [-0.2, -0.15) is 0 Å². The Morgan fingerprint density at radius 3 is 1.00 bits per heavy atom. The second-order valence-corrected chi connectivity index (χ2v) is 17.7. The molecule has 0 bridgehead atoms. The summed E-state index contributed by atoms with van der Waals surface area (Å²) in [6.45, 7) is 6.51. The minimum Gasteiger partial charge on any atom is -0.462 e. The van der Waals surface area contributed by atoms with E-state index in [9.17, 15) is 14.4 Å². The van der Waals surface area contributed by atoms with Crippen molar-refractivity contribution >= 4 is 17.9 Å². The summed E-state index contributed by atoms with van der Waals surface area (Å²) < 4.78 is 16.8. The van der Waals surface area contributed by atoms with Crippen LogP contribution in [0.3, 0.4) is 0 Å². The maximum Gasteiger partial charge on any atom is 0.306 e. The lowest BCUT2D eigenvalue weighted by Crippen LogP contribution is -2.30. The van der Waals surface area contributed by atoms with Gasteiger partial charge < -0.3 is 14.2 Å². The van der Waals surface area contributed by atoms with Crippen LogP contribution in [0.15, 0.2) is 48.6 Å². The van der Waals surface area contributed by atoms with E-state index in [-0.39, 0.29) is 31.1 Å². The second-order valence-electron chi connectivity index (χ2n) is 17.7. The summed E-state index contributed by atoms with van der Waals surface area (Å²) in [6, 6.07) is 0. The quantitative estimate of drug-likeness (QED) is 0.0262. The number of rotatable bonds is 48. The van der Waals surface area contributed by atoms with Gasteiger partial charge >= 0.3 is 17.9 Å². The van der Waals surface area contributed by atoms with Crippen LogP contribution in [0.25, 0.3) is 0 Å². The number of carbonyl (C=O) groups is 3. The number of allylic oxidation sites excluding steroid dienone is 8. The molecule has 0 aromatic carbocycles. The van der Waals surface area contributed by atoms with Gasteiger partial charge in [-0.15, -0.1) is 0 Å². The van der Waals surface area contributed by atoms with Crippen molar-refractivity contribution in [3.63, 3.8) is 0 Å². The standard InChI is InChI=1S/C56H100O6/c1-4-7-10-13-16-19-22-25-26-27-28-29-30-32-34-37-40-43-46-49-55(58)61-52-53(51-60-54(57)48-45-42-39-36-33-24-21-18-15-12-9-6-3)62-56(59)50-47-44-41-38-35-31-23-20-17-14-11-8-5-2/h9,12,18,21,27-28,31,35,53H,4-8,10-11,13-17,19-20,22-26,29-30,32-34,36-52H2,1-3H3/b12-9-,21-18-,28-27-,35-31-. The molecule has 1 unspecified atom stereocenters. The molecule has 0 aliphatic rings. The third-order valence-electron chi connectivity index (χ3n) is 11.5. The number of hydrogen-bond donors (Lipinski definition) is 0. The highest BCUT2D eigenvalue weighted by Crippen LogP contribution is 2.15. The number of ether oxygens (including phenoxy) is 3. The first-order chi connectivity index (χ1) is 30.5. The predicted molar refractivity (Wildman–Crippen MR) is 265 cm³/mol. The highest BCUT2D eigenvalue weighted by atomic mass is 16.6. The third-order valence-corrected chi connectivity index (χ3v) is 11.5. The van der Waals surface area contributed by atoms with Crippen LogP contribution in [0, 0.1) is 0 Å². The molecule has 0 N–H and O–H groups in total. The Hall–Kier alpha value is -2.63. The SMILES string of the molecule is CC/C=C\C/C=C\CCCCCCCC(=O)OCC(COC(=O)CCCCCCCCC/C=C\CCCCCCCCCC)OC(=O)CCCCC/C=C\CCCCCCCC. The molecule has 0 saturated carbocycles. The minimum absolute atomic E-state index is 0.0852. The summed E-state index contributed by atoms with van der Waals surface area (Å²) in [5.41, 5.74) is 0. The van der Waals surface area contributed by atoms with Gasteiger partial charge in [0.2, 0.25) is 0 Å². The monoisotopic (exact) mass is 869 g/mol. The third kappa shape index (κ3) is 48.4. The Morgan fingerprint density at radius 1 is 0.339 bits per heavy atom. The molecular formula is C56H100O6. The van der Waals surface area contributed by atoms with Crippen molar-refractivity contribution in [3.05, 3.63) is 48.6 Å². The van der Waals surface area contributed by atoms with Crippen LogP contribution in [0.2, 0.25) is 0 Å². The van der Waals surface area contributed by atoms with Crippen LogP contribution in [0.4, 0.5) is 0 Å². The lowest BCUT2D eigenvalue weighted by molar-refractivity contribution is -0.167. The molecule has 0 rings (SSSR count). The number of hydrogen-bond acceptors (Lipinski definition) is 6. The molecular weight excluding hydrogens is 769 g/mol. The number of esters is 3. The molecule has 0 radical (unpaired) electrons. The summed E-state index contributed by atoms with van der Waals surface area (Å²) in [5.74, 6) is -0.914. The lowest BCUT2D eigenvalue weighted by Gasteiger charge is -2.18. The fourth-order valence-electron chi connectivity index (χ4n) is 7.53. The predicted octanol–water partition coefficient (Wildman–Crippen LogP) is 17.5. The molecule has 0 amide bonds. The molecule has 0 fully saturated rings. The van der Waals surface area contributed by atoms with E-state index in [0.717, 1.165) is 103 Å². The first kappa shape index (κ1) is 59.4. The van der Waals surface area contributed by atoms with Crippen molar-refractivity contribution in [2.45, 2.75) is 277 Å². The molecule has 0 saturated heterocycles. The second kappa shape index (κ2) is 51.0. The molecule has 6 heteroatoms. The zero-order chi connectivity index (χ0) is 45.1. The Kier molecular flexibility index (Phi) is 48.8. The Bertz CT molecular complexity index is 1090. The van der Waals surface area contributed by atoms with Crippen molar-refractivity contribution in [2.75, 3.05) is 13.2 Å². The Labute approximate surface area is 384 Å². The summed E-state index contributed by atoms with van der Waals surface area (Å²) in [6.07, 6.45) is 61.0. The average molecular weight is 869 g/mol. The normalized spacial score (nSPS) is 12.4. The van der Waals surface area contributed by atoms with Crippen molar-refractivity contribution < 1.29 is 28.6 Å². The van der Waals surface area contributed by atoms with E-state index in [0.29, 0.717) is 19.3 Å². The summed E-state index contributed by atoms with van der Waals surface area (Å²) in [7, 11) is 0. The van der Waals surface area contributed by atoms with Crippen LogP contribution in [-0.4, -0.2) is 37.2 Å². The maximum absolute atomic E-state index is 12.8. The average Bonchev–Trinajstić information content (AvgIpc) is 3.27. The maximum atomic E-state index is 12.8. The van der Waals surface area contributed by atoms with E-state index in [1.807, 2.05) is 0 Å². The highest BCUT2D eigenvalue weighted by Gasteiger charge is 2.19. The Balaban J connectivity index is 4.35. The summed E-state index contributed by atoms with van der Waals surface area (Å²) >= 11 is 0. The fourth-order valence-corrected chi connectivity index (χ4v) is 7.53. The molecule has 1 atom stereocenters. The van der Waals surface area contributed by atoms with Gasteiger partial charge in [0.1, 0.15) is 13.2 Å². The molecule has 0 spiro atoms. The van der Waals surface area contributed by atoms with Crippen LogP contribution < -0.4 is 0 Å². The van der Waals surface area contributed by atoms with Gasteiger partial charge in [-0.3, -0.25) is 14.4 Å². The van der Waals surface area contributed by atoms with E-state index in [4.69, 9.17) is 14.2 Å². The van der Waals surface area contributed by atoms with Gasteiger partial charge in [-0.25, -0.2) is 0 Å². The van der Waals surface area contributed by atoms with Gasteiger partial charge in [-0.05, 0) is 96.3 Å². The topological polar surface area (TPSA) is 78.9 Å². The van der Waals surface area contributed by atoms with Crippen molar-refractivity contribution in [2.24, 2.45) is 0 Å². The molecule has 0 aliphatic heterocycles. The molecule has 0 aromatic heterocycles. The van der Waals surface area contributed by atoms with E-state index in [1.165, 1.54) is 128 Å². The first-order valence-corrected chi connectivity index (χ1v) is 26.6. The van der Waals surface area contributed by atoms with Crippen LogP contribution in [0.5, 0.6) is 0 Å². The highest BCUT2D eigenvalue weighted by molar-refractivity contribution is 5.71. The van der Waals surface area contributed by atoms with Crippen LogP contribution in [0.1, 0.15) is 271 Å². The smallest absolute Gasteiger partial charge is 0.306 e. The molecule has 0 aliphatic carbocycles. The lowest BCUT2D eigenvalue weighted by atomic mass is 10.1. The summed E-state index contributed by atoms with van der Waals surface area (Å²) in [4.78, 5) is 38.0. The van der Waals surface area contributed by atoms with Gasteiger partial charge in [-0.1, -0.05) is 204 Å². The van der Waals surface area contributed by atoms with Crippen LogP contribution in [-0.2, 0) is 28.6 Å². The fraction of sp³-hybridized carbons (Fsp3) is 0.804. The molecule has 0 heterocycles. The van der Waals surface area contributed by atoms with Gasteiger partial charge in [0, 0.05) is 19.3 Å². The van der Waals surface area contributed by atoms with E-state index in [1.54, 1.807) is 0 Å². The molecule has 360 valence electrons. The van der Waals surface area contributed by atoms with Crippen molar-refractivity contribution in [3.8, 4) is 0 Å². The van der Waals surface area contributed by atoms with Crippen molar-refractivity contribution in [1.29, 1.82) is 0 Å². The number of carbonyl (C=O) groups excluding carboxylic acids is 3. The molecule has 62 heavy (non-hydrogen) atoms. The van der Waals surface area contributed by atoms with Crippen molar-refractivity contribution in [1.82, 2.24) is 0 Å². The molecule has 0 aromatic rings. The van der Waals surface area contributed by atoms with Gasteiger partial charge in [0.05, 0.1) is 0 Å². The van der Waals surface area contributed by atoms with Gasteiger partial charge in [0.15, 0.2) is 6.10 Å². The minimum atomic E-state index is -0.786. The van der Waals surface area contributed by atoms with E-state index >= 15 is 0 Å². The largest absolute Gasteiger partial charge is 0.462 e. The molecule has 6 nitrogen and oxygen atoms in total. The van der Waals surface area contributed by atoms with E-state index in [2.05, 4.69) is 69.4 Å². The summed E-state index contributed by atoms with van der Waals surface area (Å²) in [5, 5.41) is 0.